The van der Waals surface area contributed by atoms with Crippen LogP contribution >= 0.6 is 0 Å². The molecule has 0 unspecified atom stereocenters. The fraction of sp³-hybridized carbons (Fsp3) is 0.263. The van der Waals surface area contributed by atoms with Crippen molar-refractivity contribution in [1.82, 2.24) is 10.9 Å². The monoisotopic (exact) mass is 342 g/mol. The SMILES string of the molecule is CCOc1ccc(CC(=O)NNC(=O)COc2cccc(C)c2)cc1. The van der Waals surface area contributed by atoms with E-state index >= 15 is 0 Å². The van der Waals surface area contributed by atoms with Crippen LogP contribution in [0.3, 0.4) is 0 Å². The Morgan fingerprint density at radius 1 is 0.920 bits per heavy atom. The lowest BCUT2D eigenvalue weighted by molar-refractivity contribution is -0.129. The van der Waals surface area contributed by atoms with Crippen LogP contribution in [0.5, 0.6) is 11.5 Å². The molecule has 0 heterocycles. The maximum absolute atomic E-state index is 11.8. The van der Waals surface area contributed by atoms with Crippen LogP contribution in [0.2, 0.25) is 0 Å². The molecule has 0 aliphatic carbocycles. The Balaban J connectivity index is 1.71. The Morgan fingerprint density at radius 3 is 2.32 bits per heavy atom. The Bertz CT molecular complexity index is 714. The molecule has 0 saturated carbocycles. The zero-order chi connectivity index (χ0) is 18.1. The average Bonchev–Trinajstić information content (AvgIpc) is 2.60. The van der Waals surface area contributed by atoms with Gasteiger partial charge in [0.1, 0.15) is 11.5 Å². The molecule has 2 rings (SSSR count). The minimum absolute atomic E-state index is 0.158. The maximum Gasteiger partial charge on any atom is 0.276 e. The van der Waals surface area contributed by atoms with Crippen molar-refractivity contribution in [2.75, 3.05) is 13.2 Å². The molecule has 2 aromatic carbocycles. The first-order chi connectivity index (χ1) is 12.1. The van der Waals surface area contributed by atoms with Crippen LogP contribution in [-0.4, -0.2) is 25.0 Å². The Morgan fingerprint density at radius 2 is 1.64 bits per heavy atom. The molecule has 0 spiro atoms. The van der Waals surface area contributed by atoms with Gasteiger partial charge in [0.05, 0.1) is 13.0 Å². The van der Waals surface area contributed by atoms with E-state index in [1.165, 1.54) is 0 Å². The molecule has 0 fully saturated rings. The van der Waals surface area contributed by atoms with Gasteiger partial charge in [-0.05, 0) is 49.2 Å². The van der Waals surface area contributed by atoms with Crippen molar-refractivity contribution in [3.8, 4) is 11.5 Å². The summed E-state index contributed by atoms with van der Waals surface area (Å²) < 4.78 is 10.7. The largest absolute Gasteiger partial charge is 0.494 e. The quantitative estimate of drug-likeness (QED) is 0.756. The second kappa shape index (κ2) is 9.32. The number of nitrogens with one attached hydrogen (secondary N) is 2. The van der Waals surface area contributed by atoms with Gasteiger partial charge in [-0.1, -0.05) is 24.3 Å². The fourth-order valence-corrected chi connectivity index (χ4v) is 2.13. The number of aryl methyl sites for hydroxylation is 1. The van der Waals surface area contributed by atoms with Gasteiger partial charge < -0.3 is 9.47 Å². The third-order valence-corrected chi connectivity index (χ3v) is 3.30. The Hall–Kier alpha value is -3.02. The van der Waals surface area contributed by atoms with Crippen LogP contribution in [0.1, 0.15) is 18.1 Å². The molecule has 6 nitrogen and oxygen atoms in total. The lowest BCUT2D eigenvalue weighted by Gasteiger charge is -2.09. The number of amides is 2. The number of carbonyl (C=O) groups is 2. The number of hydrogen-bond acceptors (Lipinski definition) is 4. The first-order valence-corrected chi connectivity index (χ1v) is 8.05. The van der Waals surface area contributed by atoms with Crippen LogP contribution in [-0.2, 0) is 16.0 Å². The van der Waals surface area contributed by atoms with Crippen LogP contribution in [0, 0.1) is 6.92 Å². The van der Waals surface area contributed by atoms with Gasteiger partial charge in [0.2, 0.25) is 5.91 Å². The summed E-state index contributed by atoms with van der Waals surface area (Å²) in [5.41, 5.74) is 6.57. The normalized spacial score (nSPS) is 10.0. The van der Waals surface area contributed by atoms with Crippen molar-refractivity contribution in [3.05, 3.63) is 59.7 Å². The van der Waals surface area contributed by atoms with E-state index in [1.807, 2.05) is 44.2 Å². The highest BCUT2D eigenvalue weighted by atomic mass is 16.5. The molecule has 6 heteroatoms. The van der Waals surface area contributed by atoms with Gasteiger partial charge in [0.15, 0.2) is 6.61 Å². The number of hydrogen-bond donors (Lipinski definition) is 2. The van der Waals surface area contributed by atoms with Gasteiger partial charge in [-0.15, -0.1) is 0 Å². The van der Waals surface area contributed by atoms with Gasteiger partial charge in [-0.3, -0.25) is 20.4 Å². The number of hydrazine groups is 1. The summed E-state index contributed by atoms with van der Waals surface area (Å²) in [5.74, 6) is 0.624. The molecular formula is C19H22N2O4. The van der Waals surface area contributed by atoms with Gasteiger partial charge in [-0.2, -0.15) is 0 Å². The number of ether oxygens (including phenoxy) is 2. The highest BCUT2D eigenvalue weighted by Crippen LogP contribution is 2.13. The average molecular weight is 342 g/mol. The molecule has 0 aliphatic heterocycles. The third-order valence-electron chi connectivity index (χ3n) is 3.30. The summed E-state index contributed by atoms with van der Waals surface area (Å²) in [7, 11) is 0. The zero-order valence-electron chi connectivity index (χ0n) is 14.4. The zero-order valence-corrected chi connectivity index (χ0v) is 14.4. The van der Waals surface area contributed by atoms with Crippen molar-refractivity contribution in [2.24, 2.45) is 0 Å². The smallest absolute Gasteiger partial charge is 0.276 e. The van der Waals surface area contributed by atoms with E-state index in [-0.39, 0.29) is 18.9 Å². The second-order valence-electron chi connectivity index (χ2n) is 5.46. The van der Waals surface area contributed by atoms with Crippen LogP contribution in [0.4, 0.5) is 0 Å². The maximum atomic E-state index is 11.8. The lowest BCUT2D eigenvalue weighted by Crippen LogP contribution is -2.44. The van der Waals surface area contributed by atoms with Crippen LogP contribution < -0.4 is 20.3 Å². The molecule has 0 radical (unpaired) electrons. The van der Waals surface area contributed by atoms with Gasteiger partial charge >= 0.3 is 0 Å². The van der Waals surface area contributed by atoms with Gasteiger partial charge in [-0.25, -0.2) is 0 Å². The predicted molar refractivity (Wildman–Crippen MR) is 94.3 cm³/mol. The number of rotatable bonds is 7. The van der Waals surface area contributed by atoms with Crippen LogP contribution in [0.15, 0.2) is 48.5 Å². The lowest BCUT2D eigenvalue weighted by atomic mass is 10.1. The second-order valence-corrected chi connectivity index (χ2v) is 5.46. The molecule has 2 amide bonds. The summed E-state index contributed by atoms with van der Waals surface area (Å²) >= 11 is 0. The highest BCUT2D eigenvalue weighted by Gasteiger charge is 2.07. The molecule has 0 atom stereocenters. The first kappa shape index (κ1) is 18.3. The third kappa shape index (κ3) is 6.55. The van der Waals surface area contributed by atoms with Crippen molar-refractivity contribution in [2.45, 2.75) is 20.3 Å². The van der Waals surface area contributed by atoms with E-state index in [9.17, 15) is 9.59 Å². The molecule has 0 saturated heterocycles. The molecule has 0 aliphatic rings. The van der Waals surface area contributed by atoms with E-state index < -0.39 is 5.91 Å². The number of benzene rings is 2. The van der Waals surface area contributed by atoms with Crippen molar-refractivity contribution < 1.29 is 19.1 Å². The topological polar surface area (TPSA) is 76.7 Å². The highest BCUT2D eigenvalue weighted by molar-refractivity contribution is 5.83. The van der Waals surface area contributed by atoms with E-state index in [1.54, 1.807) is 18.2 Å². The Labute approximate surface area is 147 Å². The summed E-state index contributed by atoms with van der Waals surface area (Å²) in [6.45, 7) is 4.27. The minimum atomic E-state index is -0.429. The van der Waals surface area contributed by atoms with E-state index in [0.29, 0.717) is 12.4 Å². The molecule has 25 heavy (non-hydrogen) atoms. The first-order valence-electron chi connectivity index (χ1n) is 8.05. The summed E-state index contributed by atoms with van der Waals surface area (Å²) in [6.07, 6.45) is 0.158. The summed E-state index contributed by atoms with van der Waals surface area (Å²) in [4.78, 5) is 23.6. The molecule has 2 N–H and O–H groups in total. The standard InChI is InChI=1S/C19H22N2O4/c1-3-24-16-9-7-15(8-10-16)12-18(22)20-21-19(23)13-25-17-6-4-5-14(2)11-17/h4-11H,3,12-13H2,1-2H3,(H,20,22)(H,21,23). The molecule has 0 bridgehead atoms. The van der Waals surface area contributed by atoms with E-state index in [4.69, 9.17) is 9.47 Å². The number of carbonyl (C=O) groups excluding carboxylic acids is 2. The fourth-order valence-electron chi connectivity index (χ4n) is 2.13. The molecular weight excluding hydrogens is 320 g/mol. The molecule has 2 aromatic rings. The van der Waals surface area contributed by atoms with Gasteiger partial charge in [0.25, 0.3) is 5.91 Å². The summed E-state index contributed by atoms with van der Waals surface area (Å²) in [5, 5.41) is 0. The van der Waals surface area contributed by atoms with E-state index in [0.717, 1.165) is 16.9 Å². The van der Waals surface area contributed by atoms with E-state index in [2.05, 4.69) is 10.9 Å². The summed E-state index contributed by atoms with van der Waals surface area (Å²) in [6, 6.07) is 14.6. The minimum Gasteiger partial charge on any atom is -0.494 e. The van der Waals surface area contributed by atoms with Gasteiger partial charge in [0, 0.05) is 0 Å². The Kier molecular flexibility index (Phi) is 6.83. The van der Waals surface area contributed by atoms with Crippen LogP contribution in [0.25, 0.3) is 0 Å². The van der Waals surface area contributed by atoms with Crippen molar-refractivity contribution in [3.63, 3.8) is 0 Å². The van der Waals surface area contributed by atoms with Crippen molar-refractivity contribution in [1.29, 1.82) is 0 Å². The predicted octanol–water partition coefficient (Wildman–Crippen LogP) is 2.16. The molecule has 132 valence electrons. The molecule has 0 aromatic heterocycles. The van der Waals surface area contributed by atoms with Crippen molar-refractivity contribution >= 4 is 11.8 Å².